The van der Waals surface area contributed by atoms with Crippen molar-refractivity contribution in [2.45, 2.75) is 18.0 Å². The molecule has 1 aromatic carbocycles. The highest BCUT2D eigenvalue weighted by Crippen LogP contribution is 2.47. The molecule has 0 aromatic heterocycles. The van der Waals surface area contributed by atoms with Gasteiger partial charge in [-0.05, 0) is 6.07 Å². The second-order valence-corrected chi connectivity index (χ2v) is 4.13. The van der Waals surface area contributed by atoms with Crippen molar-refractivity contribution in [1.29, 1.82) is 0 Å². The third-order valence-corrected chi connectivity index (χ3v) is 2.57. The molecule has 0 heterocycles. The maximum Gasteiger partial charge on any atom is 0.460 e. The quantitative estimate of drug-likeness (QED) is 0.263. The summed E-state index contributed by atoms with van der Waals surface area (Å²) in [6.07, 6.45) is -6.73. The predicted octanol–water partition coefficient (Wildman–Crippen LogP) is 3.34. The lowest BCUT2D eigenvalue weighted by atomic mass is 10.1. The molecule has 0 saturated carbocycles. The summed E-state index contributed by atoms with van der Waals surface area (Å²) < 4.78 is 96.0. The van der Waals surface area contributed by atoms with Gasteiger partial charge < -0.3 is 9.47 Å². The van der Waals surface area contributed by atoms with E-state index in [2.05, 4.69) is 9.47 Å². The third-order valence-electron chi connectivity index (χ3n) is 2.57. The molecular formula is C11H6F7NO5. The zero-order valence-electron chi connectivity index (χ0n) is 11.4. The SMILES string of the molecule is COc1ccc([N+](=O)[O-])cc1OC(=O)C(F)(F)C(F)(F)C(F)(F)F. The Hall–Kier alpha value is -2.60. The van der Waals surface area contributed by atoms with Crippen LogP contribution >= 0.6 is 0 Å². The van der Waals surface area contributed by atoms with Crippen molar-refractivity contribution in [2.75, 3.05) is 7.11 Å². The average Bonchev–Trinajstić information content (AvgIpc) is 2.45. The molecule has 0 saturated heterocycles. The summed E-state index contributed by atoms with van der Waals surface area (Å²) in [6, 6.07) is 1.90. The molecule has 0 radical (unpaired) electrons. The van der Waals surface area contributed by atoms with Crippen LogP contribution < -0.4 is 9.47 Å². The maximum absolute atomic E-state index is 13.2. The van der Waals surface area contributed by atoms with Gasteiger partial charge in [0, 0.05) is 6.07 Å². The molecule has 0 fully saturated rings. The van der Waals surface area contributed by atoms with Gasteiger partial charge >= 0.3 is 24.0 Å². The van der Waals surface area contributed by atoms with E-state index >= 15 is 0 Å². The van der Waals surface area contributed by atoms with E-state index in [-0.39, 0.29) is 0 Å². The number of rotatable bonds is 5. The Morgan fingerprint density at radius 1 is 1.08 bits per heavy atom. The number of nitro benzene ring substituents is 1. The van der Waals surface area contributed by atoms with E-state index in [1.54, 1.807) is 0 Å². The van der Waals surface area contributed by atoms with Gasteiger partial charge in [0.2, 0.25) is 0 Å². The molecule has 1 rings (SSSR count). The minimum Gasteiger partial charge on any atom is -0.493 e. The summed E-state index contributed by atoms with van der Waals surface area (Å²) in [4.78, 5) is 20.6. The van der Waals surface area contributed by atoms with E-state index in [9.17, 15) is 45.6 Å². The van der Waals surface area contributed by atoms with Gasteiger partial charge in [-0.15, -0.1) is 0 Å². The number of hydrogen-bond acceptors (Lipinski definition) is 5. The number of nitrogens with zero attached hydrogens (tertiary/aromatic N) is 1. The Kier molecular flexibility index (Phi) is 4.96. The van der Waals surface area contributed by atoms with Crippen molar-refractivity contribution in [3.8, 4) is 11.5 Å². The van der Waals surface area contributed by atoms with Crippen LogP contribution in [-0.4, -0.2) is 36.0 Å². The van der Waals surface area contributed by atoms with Gasteiger partial charge in [0.05, 0.1) is 18.1 Å². The Morgan fingerprint density at radius 2 is 1.62 bits per heavy atom. The molecule has 0 aliphatic rings. The Bertz CT molecular complexity index is 659. The fourth-order valence-electron chi connectivity index (χ4n) is 1.33. The number of ether oxygens (including phenoxy) is 2. The van der Waals surface area contributed by atoms with E-state index in [4.69, 9.17) is 0 Å². The largest absolute Gasteiger partial charge is 0.493 e. The number of methoxy groups -OCH3 is 1. The number of alkyl halides is 7. The van der Waals surface area contributed by atoms with Gasteiger partial charge in [0.25, 0.3) is 5.69 Å². The first-order valence-electron chi connectivity index (χ1n) is 5.62. The smallest absolute Gasteiger partial charge is 0.460 e. The molecule has 0 aliphatic carbocycles. The highest BCUT2D eigenvalue weighted by molar-refractivity contribution is 5.82. The van der Waals surface area contributed by atoms with Crippen LogP contribution in [0.1, 0.15) is 0 Å². The minimum absolute atomic E-state index is 0.346. The van der Waals surface area contributed by atoms with E-state index in [0.29, 0.717) is 6.07 Å². The monoisotopic (exact) mass is 365 g/mol. The van der Waals surface area contributed by atoms with Gasteiger partial charge in [-0.2, -0.15) is 30.7 Å². The molecule has 1 aromatic rings. The first-order valence-corrected chi connectivity index (χ1v) is 5.62. The Morgan fingerprint density at radius 3 is 2.04 bits per heavy atom. The average molecular weight is 365 g/mol. The van der Waals surface area contributed by atoms with Crippen molar-refractivity contribution in [2.24, 2.45) is 0 Å². The van der Waals surface area contributed by atoms with Gasteiger partial charge in [-0.1, -0.05) is 0 Å². The molecular weight excluding hydrogens is 359 g/mol. The minimum atomic E-state index is -6.73. The lowest BCUT2D eigenvalue weighted by Gasteiger charge is -2.26. The van der Waals surface area contributed by atoms with Gasteiger partial charge in [0.1, 0.15) is 0 Å². The van der Waals surface area contributed by atoms with E-state index < -0.39 is 46.1 Å². The second-order valence-electron chi connectivity index (χ2n) is 4.13. The Labute approximate surface area is 127 Å². The van der Waals surface area contributed by atoms with Crippen molar-refractivity contribution in [3.63, 3.8) is 0 Å². The third kappa shape index (κ3) is 3.33. The summed E-state index contributed by atoms with van der Waals surface area (Å²) >= 11 is 0. The lowest BCUT2D eigenvalue weighted by molar-refractivity contribution is -0.385. The Balaban J connectivity index is 3.23. The van der Waals surface area contributed by atoms with Crippen molar-refractivity contribution < 1.29 is 49.9 Å². The highest BCUT2D eigenvalue weighted by atomic mass is 19.4. The van der Waals surface area contributed by atoms with E-state index in [1.165, 1.54) is 0 Å². The van der Waals surface area contributed by atoms with Crippen LogP contribution in [0.2, 0.25) is 0 Å². The van der Waals surface area contributed by atoms with Crippen LogP contribution in [0.4, 0.5) is 36.4 Å². The number of non-ortho nitro benzene ring substituents is 1. The number of benzene rings is 1. The predicted molar refractivity (Wildman–Crippen MR) is 61.2 cm³/mol. The molecule has 6 nitrogen and oxygen atoms in total. The van der Waals surface area contributed by atoms with E-state index in [1.807, 2.05) is 0 Å². The van der Waals surface area contributed by atoms with Crippen molar-refractivity contribution in [3.05, 3.63) is 28.3 Å². The molecule has 134 valence electrons. The van der Waals surface area contributed by atoms with Gasteiger partial charge in [-0.3, -0.25) is 10.1 Å². The fourth-order valence-corrected chi connectivity index (χ4v) is 1.33. The number of hydrogen-bond donors (Lipinski definition) is 0. The van der Waals surface area contributed by atoms with Crippen LogP contribution in [0, 0.1) is 10.1 Å². The topological polar surface area (TPSA) is 78.7 Å². The highest BCUT2D eigenvalue weighted by Gasteiger charge is 2.77. The summed E-state index contributed by atoms with van der Waals surface area (Å²) in [5, 5.41) is 10.5. The van der Waals surface area contributed by atoms with Crippen LogP contribution in [0.3, 0.4) is 0 Å². The molecule has 0 bridgehead atoms. The normalized spacial score (nSPS) is 12.7. The first kappa shape index (κ1) is 19.4. The summed E-state index contributed by atoms with van der Waals surface area (Å²) in [5.41, 5.74) is -0.815. The van der Waals surface area contributed by atoms with Crippen molar-refractivity contribution in [1.82, 2.24) is 0 Å². The standard InChI is InChI=1S/C11H6F7NO5/c1-23-6-3-2-5(19(21)22)4-7(6)24-8(20)9(12,13)10(14,15)11(16,17)18/h2-4H,1H3. The summed E-state index contributed by atoms with van der Waals surface area (Å²) in [7, 11) is 0.904. The van der Waals surface area contributed by atoms with Gasteiger partial charge in [-0.25, -0.2) is 4.79 Å². The van der Waals surface area contributed by atoms with Gasteiger partial charge in [0.15, 0.2) is 11.5 Å². The van der Waals surface area contributed by atoms with E-state index in [0.717, 1.165) is 19.2 Å². The molecule has 13 heteroatoms. The van der Waals surface area contributed by atoms with Crippen LogP contribution in [0.15, 0.2) is 18.2 Å². The van der Waals surface area contributed by atoms with Crippen LogP contribution in [0.25, 0.3) is 0 Å². The van der Waals surface area contributed by atoms with Crippen LogP contribution in [-0.2, 0) is 4.79 Å². The number of nitro groups is 1. The molecule has 0 spiro atoms. The molecule has 0 N–H and O–H groups in total. The lowest BCUT2D eigenvalue weighted by Crippen LogP contribution is -2.57. The number of carbonyl (C=O) groups is 1. The molecule has 0 aliphatic heterocycles. The fraction of sp³-hybridized carbons (Fsp3) is 0.364. The van der Waals surface area contributed by atoms with Crippen molar-refractivity contribution >= 4 is 11.7 Å². The second kappa shape index (κ2) is 6.13. The zero-order valence-corrected chi connectivity index (χ0v) is 11.4. The number of carbonyl (C=O) groups excluding carboxylic acids is 1. The molecule has 0 unspecified atom stereocenters. The summed E-state index contributed by atoms with van der Waals surface area (Å²) in [5.74, 6) is -18.0. The molecule has 24 heavy (non-hydrogen) atoms. The molecule has 0 amide bonds. The number of halogens is 7. The maximum atomic E-state index is 13.2. The van der Waals surface area contributed by atoms with Crippen LogP contribution in [0.5, 0.6) is 11.5 Å². The first-order chi connectivity index (χ1) is 10.8. The zero-order chi connectivity index (χ0) is 18.9. The summed E-state index contributed by atoms with van der Waals surface area (Å²) in [6.45, 7) is 0. The molecule has 0 atom stereocenters. The number of esters is 1.